The number of carbonyl (C=O) groups is 2. The summed E-state index contributed by atoms with van der Waals surface area (Å²) in [6, 6.07) is 9.25. The van der Waals surface area contributed by atoms with Crippen molar-refractivity contribution in [2.24, 2.45) is 5.92 Å². The number of carbonyl (C=O) groups excluding carboxylic acids is 2. The van der Waals surface area contributed by atoms with Crippen molar-refractivity contribution in [3.63, 3.8) is 0 Å². The third kappa shape index (κ3) is 6.15. The number of thiazole rings is 1. The van der Waals surface area contributed by atoms with Gasteiger partial charge in [-0.2, -0.15) is 0 Å². The average molecular weight is 376 g/mol. The Labute approximate surface area is 157 Å². The minimum absolute atomic E-state index is 0.0304. The maximum Gasteiger partial charge on any atom is 0.357 e. The van der Waals surface area contributed by atoms with Crippen LogP contribution in [0.3, 0.4) is 0 Å². The van der Waals surface area contributed by atoms with Crippen LogP contribution >= 0.6 is 11.3 Å². The van der Waals surface area contributed by atoms with Gasteiger partial charge in [0.05, 0.1) is 13.7 Å². The molecule has 0 aliphatic heterocycles. The monoisotopic (exact) mass is 376 g/mol. The second-order valence-corrected chi connectivity index (χ2v) is 7.16. The van der Waals surface area contributed by atoms with Crippen LogP contribution in [0.1, 0.15) is 35.8 Å². The Bertz CT molecular complexity index is 715. The molecule has 0 aliphatic rings. The van der Waals surface area contributed by atoms with Gasteiger partial charge in [0.2, 0.25) is 0 Å². The van der Waals surface area contributed by atoms with Gasteiger partial charge >= 0.3 is 5.97 Å². The first kappa shape index (κ1) is 19.9. The number of aromatic nitrogens is 1. The number of esters is 1. The van der Waals surface area contributed by atoms with E-state index < -0.39 is 5.97 Å². The first-order valence-electron chi connectivity index (χ1n) is 8.48. The zero-order valence-electron chi connectivity index (χ0n) is 15.3. The lowest BCUT2D eigenvalue weighted by molar-refractivity contribution is -0.134. The summed E-state index contributed by atoms with van der Waals surface area (Å²) in [5, 5.41) is 2.34. The number of nitrogens with zero attached hydrogens (tertiary/aromatic N) is 2. The van der Waals surface area contributed by atoms with Gasteiger partial charge in [0.1, 0.15) is 10.8 Å². The van der Waals surface area contributed by atoms with Crippen molar-refractivity contribution in [2.75, 3.05) is 20.3 Å². The molecule has 2 rings (SSSR count). The molecule has 7 heteroatoms. The zero-order valence-corrected chi connectivity index (χ0v) is 16.1. The molecule has 0 bridgehead atoms. The summed E-state index contributed by atoms with van der Waals surface area (Å²) in [7, 11) is 1.32. The van der Waals surface area contributed by atoms with E-state index in [1.807, 2.05) is 30.3 Å². The molecule has 1 heterocycles. The number of amides is 1. The van der Waals surface area contributed by atoms with E-state index in [4.69, 9.17) is 4.74 Å². The highest BCUT2D eigenvalue weighted by Gasteiger charge is 2.18. The molecule has 1 aromatic heterocycles. The van der Waals surface area contributed by atoms with E-state index in [-0.39, 0.29) is 18.2 Å². The minimum atomic E-state index is -0.472. The number of hydrogen-bond acceptors (Lipinski definition) is 6. The SMILES string of the molecule is COC(=O)c1csc(CN(CCC(C)C)C(=O)COc2ccccc2)n1. The van der Waals surface area contributed by atoms with Crippen molar-refractivity contribution in [1.82, 2.24) is 9.88 Å². The highest BCUT2D eigenvalue weighted by atomic mass is 32.1. The number of methoxy groups -OCH3 is 1. The van der Waals surface area contributed by atoms with E-state index in [0.717, 1.165) is 6.42 Å². The molecule has 0 N–H and O–H groups in total. The summed E-state index contributed by atoms with van der Waals surface area (Å²) in [6.45, 7) is 5.16. The molecule has 140 valence electrons. The lowest BCUT2D eigenvalue weighted by atomic mass is 10.1. The lowest BCUT2D eigenvalue weighted by Gasteiger charge is -2.22. The fourth-order valence-corrected chi connectivity index (χ4v) is 2.98. The molecule has 26 heavy (non-hydrogen) atoms. The normalized spacial score (nSPS) is 10.6. The van der Waals surface area contributed by atoms with Crippen LogP contribution in [0.2, 0.25) is 0 Å². The van der Waals surface area contributed by atoms with Gasteiger partial charge in [-0.3, -0.25) is 4.79 Å². The third-order valence-corrected chi connectivity index (χ3v) is 4.54. The maximum atomic E-state index is 12.6. The largest absolute Gasteiger partial charge is 0.484 e. The van der Waals surface area contributed by atoms with Crippen LogP contribution in [0.15, 0.2) is 35.7 Å². The molecule has 0 aliphatic carbocycles. The van der Waals surface area contributed by atoms with Crippen LogP contribution in [0.4, 0.5) is 0 Å². The summed E-state index contributed by atoms with van der Waals surface area (Å²) in [5.74, 6) is 0.554. The Balaban J connectivity index is 2.00. The molecule has 0 spiro atoms. The van der Waals surface area contributed by atoms with Gasteiger partial charge in [-0.05, 0) is 24.5 Å². The highest BCUT2D eigenvalue weighted by Crippen LogP contribution is 2.15. The smallest absolute Gasteiger partial charge is 0.357 e. The molecule has 0 radical (unpaired) electrons. The van der Waals surface area contributed by atoms with Crippen molar-refractivity contribution in [3.05, 3.63) is 46.4 Å². The number of rotatable bonds is 9. The van der Waals surface area contributed by atoms with Gasteiger partial charge in [0.25, 0.3) is 5.91 Å². The lowest BCUT2D eigenvalue weighted by Crippen LogP contribution is -2.35. The molecular formula is C19H24N2O4S. The molecular weight excluding hydrogens is 352 g/mol. The first-order valence-corrected chi connectivity index (χ1v) is 9.36. The Morgan fingerprint density at radius 3 is 2.62 bits per heavy atom. The number of hydrogen-bond donors (Lipinski definition) is 0. The van der Waals surface area contributed by atoms with Gasteiger partial charge in [-0.15, -0.1) is 11.3 Å². The van der Waals surface area contributed by atoms with Crippen LogP contribution in [0.25, 0.3) is 0 Å². The number of para-hydroxylation sites is 1. The van der Waals surface area contributed by atoms with Crippen molar-refractivity contribution in [1.29, 1.82) is 0 Å². The standard InChI is InChI=1S/C19H24N2O4S/c1-14(2)9-10-21(11-17-20-16(13-26-17)19(23)24-3)18(22)12-25-15-7-5-4-6-8-15/h4-8,13-14H,9-12H2,1-3H3. The predicted octanol–water partition coefficient (Wildman–Crippen LogP) is 3.38. The van der Waals surface area contributed by atoms with E-state index >= 15 is 0 Å². The van der Waals surface area contributed by atoms with E-state index in [9.17, 15) is 9.59 Å². The van der Waals surface area contributed by atoms with Crippen LogP contribution in [-0.2, 0) is 16.1 Å². The highest BCUT2D eigenvalue weighted by molar-refractivity contribution is 7.09. The van der Waals surface area contributed by atoms with Crippen molar-refractivity contribution in [3.8, 4) is 5.75 Å². The molecule has 0 saturated heterocycles. The van der Waals surface area contributed by atoms with Gasteiger partial charge in [-0.25, -0.2) is 9.78 Å². The Morgan fingerprint density at radius 2 is 1.96 bits per heavy atom. The maximum absolute atomic E-state index is 12.6. The van der Waals surface area contributed by atoms with Crippen molar-refractivity contribution >= 4 is 23.2 Å². The summed E-state index contributed by atoms with van der Waals surface area (Å²) in [6.07, 6.45) is 0.881. The Morgan fingerprint density at radius 1 is 1.23 bits per heavy atom. The van der Waals surface area contributed by atoms with Gasteiger partial charge in [-0.1, -0.05) is 32.0 Å². The van der Waals surface area contributed by atoms with Crippen molar-refractivity contribution < 1.29 is 19.1 Å². The van der Waals surface area contributed by atoms with E-state index in [2.05, 4.69) is 23.6 Å². The molecule has 2 aromatic rings. The van der Waals surface area contributed by atoms with E-state index in [0.29, 0.717) is 29.8 Å². The van der Waals surface area contributed by atoms with Gasteiger partial charge in [0, 0.05) is 11.9 Å². The fourth-order valence-electron chi connectivity index (χ4n) is 2.20. The van der Waals surface area contributed by atoms with Crippen LogP contribution in [0, 0.1) is 5.92 Å². The summed E-state index contributed by atoms with van der Waals surface area (Å²) < 4.78 is 10.2. The second kappa shape index (κ2) is 9.91. The molecule has 6 nitrogen and oxygen atoms in total. The first-order chi connectivity index (χ1) is 12.5. The molecule has 0 unspecified atom stereocenters. The summed E-state index contributed by atoms with van der Waals surface area (Å²) in [5.41, 5.74) is 0.268. The van der Waals surface area contributed by atoms with Gasteiger partial charge in [0.15, 0.2) is 12.3 Å². The fraction of sp³-hybridized carbons (Fsp3) is 0.421. The Kier molecular flexibility index (Phi) is 7.59. The molecule has 0 fully saturated rings. The molecule has 0 saturated carbocycles. The molecule has 1 aromatic carbocycles. The minimum Gasteiger partial charge on any atom is -0.484 e. The predicted molar refractivity (Wildman–Crippen MR) is 100 cm³/mol. The van der Waals surface area contributed by atoms with E-state index in [1.165, 1.54) is 18.4 Å². The number of benzene rings is 1. The second-order valence-electron chi connectivity index (χ2n) is 6.22. The topological polar surface area (TPSA) is 68.7 Å². The third-order valence-electron chi connectivity index (χ3n) is 3.71. The molecule has 0 atom stereocenters. The van der Waals surface area contributed by atoms with Crippen LogP contribution in [0.5, 0.6) is 5.75 Å². The van der Waals surface area contributed by atoms with Gasteiger partial charge < -0.3 is 14.4 Å². The van der Waals surface area contributed by atoms with Crippen molar-refractivity contribution in [2.45, 2.75) is 26.8 Å². The average Bonchev–Trinajstić information content (AvgIpc) is 3.11. The quantitative estimate of drug-likeness (QED) is 0.628. The zero-order chi connectivity index (χ0) is 18.9. The summed E-state index contributed by atoms with van der Waals surface area (Å²) >= 11 is 1.34. The Hall–Kier alpha value is -2.41. The van der Waals surface area contributed by atoms with E-state index in [1.54, 1.807) is 10.3 Å². The van der Waals surface area contributed by atoms with Crippen LogP contribution in [-0.4, -0.2) is 42.0 Å². The summed E-state index contributed by atoms with van der Waals surface area (Å²) in [4.78, 5) is 30.1. The number of ether oxygens (including phenoxy) is 2. The molecule has 1 amide bonds. The van der Waals surface area contributed by atoms with Crippen LogP contribution < -0.4 is 4.74 Å².